The van der Waals surface area contributed by atoms with Crippen molar-refractivity contribution in [2.45, 2.75) is 18.1 Å². The molecule has 2 aromatic rings. The van der Waals surface area contributed by atoms with Gasteiger partial charge in [0.1, 0.15) is 9.88 Å². The van der Waals surface area contributed by atoms with Crippen LogP contribution in [0.2, 0.25) is 0 Å². The van der Waals surface area contributed by atoms with Gasteiger partial charge in [0.15, 0.2) is 0 Å². The summed E-state index contributed by atoms with van der Waals surface area (Å²) in [7, 11) is 0. The number of thiazole rings is 1. The van der Waals surface area contributed by atoms with Crippen molar-refractivity contribution < 1.29 is 9.90 Å². The second-order valence-electron chi connectivity index (χ2n) is 4.40. The van der Waals surface area contributed by atoms with Gasteiger partial charge in [0.25, 0.3) is 0 Å². The number of carboxylic acids is 1. The van der Waals surface area contributed by atoms with Gasteiger partial charge in [-0.25, -0.2) is 9.78 Å². The first-order chi connectivity index (χ1) is 9.25. The van der Waals surface area contributed by atoms with Crippen molar-refractivity contribution in [1.29, 1.82) is 0 Å². The van der Waals surface area contributed by atoms with Crippen molar-refractivity contribution in [1.82, 2.24) is 4.98 Å². The fourth-order valence-electron chi connectivity index (χ4n) is 2.18. The highest BCUT2D eigenvalue weighted by atomic mass is 32.2. The molecule has 0 aliphatic carbocycles. The highest BCUT2D eigenvalue weighted by Gasteiger charge is 2.25. The Morgan fingerprint density at radius 1 is 1.32 bits per heavy atom. The Morgan fingerprint density at radius 3 is 2.74 bits per heavy atom. The normalized spacial score (nSPS) is 18.6. The Hall–Kier alpha value is -1.33. The van der Waals surface area contributed by atoms with E-state index in [9.17, 15) is 9.90 Å². The Bertz CT molecular complexity index is 589. The van der Waals surface area contributed by atoms with Crippen LogP contribution in [0.4, 0.5) is 0 Å². The lowest BCUT2D eigenvalue weighted by Crippen LogP contribution is -1.95. The zero-order chi connectivity index (χ0) is 13.2. The van der Waals surface area contributed by atoms with Crippen LogP contribution in [0, 0.1) is 0 Å². The smallest absolute Gasteiger partial charge is 0.348 e. The number of aromatic carboxylic acids is 1. The summed E-state index contributed by atoms with van der Waals surface area (Å²) in [5.41, 5.74) is 1.49. The van der Waals surface area contributed by atoms with E-state index in [1.807, 2.05) is 42.1 Å². The molecule has 98 valence electrons. The van der Waals surface area contributed by atoms with Gasteiger partial charge in [0.2, 0.25) is 0 Å². The van der Waals surface area contributed by atoms with E-state index in [1.165, 1.54) is 17.8 Å². The van der Waals surface area contributed by atoms with Crippen LogP contribution in [-0.2, 0) is 0 Å². The standard InChI is InChI=1S/C14H13NO2S2/c16-14(17)12-11(9-5-2-1-3-6-9)15-13(19-12)10-7-4-8-18-10/h1-3,5-6,10H,4,7-8H2,(H,16,17). The Balaban J connectivity index is 2.05. The molecule has 2 heterocycles. The van der Waals surface area contributed by atoms with Crippen LogP contribution in [0.1, 0.15) is 32.8 Å². The van der Waals surface area contributed by atoms with Crippen LogP contribution in [0.25, 0.3) is 11.3 Å². The van der Waals surface area contributed by atoms with Crippen LogP contribution in [0.3, 0.4) is 0 Å². The molecule has 0 amide bonds. The molecule has 1 aliphatic heterocycles. The zero-order valence-electron chi connectivity index (χ0n) is 10.2. The van der Waals surface area contributed by atoms with E-state index in [-0.39, 0.29) is 0 Å². The molecule has 1 N–H and O–H groups in total. The summed E-state index contributed by atoms with van der Waals surface area (Å²) in [5.74, 6) is 0.262. The topological polar surface area (TPSA) is 50.2 Å². The predicted molar refractivity (Wildman–Crippen MR) is 78.9 cm³/mol. The third kappa shape index (κ3) is 2.53. The minimum atomic E-state index is -0.884. The van der Waals surface area contributed by atoms with Crippen LogP contribution in [0.15, 0.2) is 30.3 Å². The van der Waals surface area contributed by atoms with Gasteiger partial charge in [0, 0.05) is 5.56 Å². The van der Waals surface area contributed by atoms with E-state index in [0.29, 0.717) is 15.8 Å². The maximum atomic E-state index is 11.4. The number of aromatic nitrogens is 1. The van der Waals surface area contributed by atoms with Crippen LogP contribution < -0.4 is 0 Å². The molecule has 3 rings (SSSR count). The summed E-state index contributed by atoms with van der Waals surface area (Å²) in [4.78, 5) is 16.3. The Labute approximate surface area is 119 Å². The van der Waals surface area contributed by atoms with Crippen LogP contribution in [0.5, 0.6) is 0 Å². The lowest BCUT2D eigenvalue weighted by molar-refractivity contribution is 0.0702. The molecule has 1 aromatic heterocycles. The van der Waals surface area contributed by atoms with E-state index in [4.69, 9.17) is 0 Å². The molecular weight excluding hydrogens is 278 g/mol. The molecule has 3 nitrogen and oxygen atoms in total. The van der Waals surface area contributed by atoms with Gasteiger partial charge in [0.05, 0.1) is 10.9 Å². The SMILES string of the molecule is O=C(O)c1sc(C2CCCS2)nc1-c1ccccc1. The Kier molecular flexibility index (Phi) is 3.57. The molecule has 1 saturated heterocycles. The van der Waals surface area contributed by atoms with E-state index >= 15 is 0 Å². The largest absolute Gasteiger partial charge is 0.477 e. The van der Waals surface area contributed by atoms with Crippen molar-refractivity contribution >= 4 is 29.1 Å². The number of rotatable bonds is 3. The number of nitrogens with zero attached hydrogens (tertiary/aromatic N) is 1. The zero-order valence-corrected chi connectivity index (χ0v) is 11.8. The molecule has 1 atom stereocenters. The second-order valence-corrected chi connectivity index (χ2v) is 6.74. The molecule has 1 aromatic carbocycles. The summed E-state index contributed by atoms with van der Waals surface area (Å²) in [6.07, 6.45) is 2.30. The van der Waals surface area contributed by atoms with Gasteiger partial charge >= 0.3 is 5.97 Å². The van der Waals surface area contributed by atoms with Crippen molar-refractivity contribution in [3.8, 4) is 11.3 Å². The number of carboxylic acid groups (broad SMARTS) is 1. The lowest BCUT2D eigenvalue weighted by atomic mass is 10.1. The predicted octanol–water partition coefficient (Wildman–Crippen LogP) is 4.08. The fraction of sp³-hybridized carbons (Fsp3) is 0.286. The minimum Gasteiger partial charge on any atom is -0.477 e. The summed E-state index contributed by atoms with van der Waals surface area (Å²) in [5, 5.41) is 10.7. The molecule has 1 fully saturated rings. The average molecular weight is 291 g/mol. The third-order valence-corrected chi connectivity index (χ3v) is 5.78. The average Bonchev–Trinajstić information content (AvgIpc) is 3.08. The maximum Gasteiger partial charge on any atom is 0.348 e. The highest BCUT2D eigenvalue weighted by Crippen LogP contribution is 2.43. The van der Waals surface area contributed by atoms with Crippen molar-refractivity contribution in [2.75, 3.05) is 5.75 Å². The molecule has 19 heavy (non-hydrogen) atoms. The van der Waals surface area contributed by atoms with E-state index in [2.05, 4.69) is 4.98 Å². The van der Waals surface area contributed by atoms with Crippen molar-refractivity contribution in [2.24, 2.45) is 0 Å². The van der Waals surface area contributed by atoms with Crippen LogP contribution in [-0.4, -0.2) is 21.8 Å². The van der Waals surface area contributed by atoms with E-state index in [1.54, 1.807) is 0 Å². The van der Waals surface area contributed by atoms with Gasteiger partial charge in [-0.2, -0.15) is 11.8 Å². The van der Waals surface area contributed by atoms with Gasteiger partial charge in [-0.3, -0.25) is 0 Å². The van der Waals surface area contributed by atoms with E-state index < -0.39 is 5.97 Å². The molecule has 0 spiro atoms. The highest BCUT2D eigenvalue weighted by molar-refractivity contribution is 7.99. The summed E-state index contributed by atoms with van der Waals surface area (Å²) in [6, 6.07) is 9.55. The summed E-state index contributed by atoms with van der Waals surface area (Å²) in [6.45, 7) is 0. The molecule has 5 heteroatoms. The van der Waals surface area contributed by atoms with Crippen molar-refractivity contribution in [3.05, 3.63) is 40.2 Å². The fourth-order valence-corrected chi connectivity index (χ4v) is 4.62. The number of benzene rings is 1. The van der Waals surface area contributed by atoms with E-state index in [0.717, 1.165) is 22.7 Å². The summed E-state index contributed by atoms with van der Waals surface area (Å²) >= 11 is 3.21. The number of hydrogen-bond acceptors (Lipinski definition) is 4. The molecule has 0 bridgehead atoms. The van der Waals surface area contributed by atoms with Gasteiger partial charge in [-0.05, 0) is 18.6 Å². The van der Waals surface area contributed by atoms with Gasteiger partial charge < -0.3 is 5.11 Å². The molecule has 0 radical (unpaired) electrons. The Morgan fingerprint density at radius 2 is 2.11 bits per heavy atom. The lowest BCUT2D eigenvalue weighted by Gasteiger charge is -2.02. The first-order valence-electron chi connectivity index (χ1n) is 6.17. The monoisotopic (exact) mass is 291 g/mol. The van der Waals surface area contributed by atoms with Crippen LogP contribution >= 0.6 is 23.1 Å². The van der Waals surface area contributed by atoms with Gasteiger partial charge in [-0.1, -0.05) is 30.3 Å². The molecule has 1 unspecified atom stereocenters. The maximum absolute atomic E-state index is 11.4. The molecule has 0 saturated carbocycles. The second kappa shape index (κ2) is 5.35. The number of thioether (sulfide) groups is 1. The third-order valence-electron chi connectivity index (χ3n) is 3.09. The van der Waals surface area contributed by atoms with Crippen molar-refractivity contribution in [3.63, 3.8) is 0 Å². The van der Waals surface area contributed by atoms with Gasteiger partial charge in [-0.15, -0.1) is 11.3 Å². The first-order valence-corrected chi connectivity index (χ1v) is 8.03. The number of hydrogen-bond donors (Lipinski definition) is 1. The summed E-state index contributed by atoms with van der Waals surface area (Å²) < 4.78 is 0. The number of carbonyl (C=O) groups is 1. The molecular formula is C14H13NO2S2. The quantitative estimate of drug-likeness (QED) is 0.926. The molecule has 1 aliphatic rings. The minimum absolute atomic E-state index is 0.355. The first kappa shape index (κ1) is 12.7.